The van der Waals surface area contributed by atoms with Crippen LogP contribution in [0.25, 0.3) is 28.1 Å². The highest BCUT2D eigenvalue weighted by atomic mass is 19.2. The van der Waals surface area contributed by atoms with Crippen molar-refractivity contribution >= 4 is 22.2 Å². The van der Waals surface area contributed by atoms with Gasteiger partial charge in [-0.25, -0.2) is 23.5 Å². The van der Waals surface area contributed by atoms with Gasteiger partial charge in [0.2, 0.25) is 5.95 Å². The zero-order valence-electron chi connectivity index (χ0n) is 15.9. The second kappa shape index (κ2) is 6.46. The predicted molar refractivity (Wildman–Crippen MR) is 107 cm³/mol. The van der Waals surface area contributed by atoms with Gasteiger partial charge in [0, 0.05) is 6.42 Å². The number of aromatic amines is 1. The highest BCUT2D eigenvalue weighted by Gasteiger charge is 2.31. The van der Waals surface area contributed by atoms with E-state index in [1.54, 1.807) is 10.9 Å². The lowest BCUT2D eigenvalue weighted by Gasteiger charge is -2.27. The summed E-state index contributed by atoms with van der Waals surface area (Å²) >= 11 is 0. The largest absolute Gasteiger partial charge is 0.493 e. The number of fused-ring (bicyclic) bond motifs is 3. The zero-order valence-corrected chi connectivity index (χ0v) is 15.9. The average Bonchev–Trinajstić information content (AvgIpc) is 3.36. The Labute approximate surface area is 172 Å². The third-order valence-electron chi connectivity index (χ3n) is 5.50. The number of rotatable bonds is 2. The van der Waals surface area contributed by atoms with Crippen molar-refractivity contribution in [2.75, 3.05) is 6.61 Å². The molecule has 10 heteroatoms. The van der Waals surface area contributed by atoms with Crippen LogP contribution >= 0.6 is 0 Å². The minimum atomic E-state index is -1.03. The summed E-state index contributed by atoms with van der Waals surface area (Å²) in [5.41, 5.74) is 1.77. The second-order valence-electron chi connectivity index (χ2n) is 7.24. The van der Waals surface area contributed by atoms with Gasteiger partial charge in [-0.05, 0) is 24.3 Å². The molecule has 0 radical (unpaired) electrons. The lowest BCUT2D eigenvalue weighted by atomic mass is 9.99. The van der Waals surface area contributed by atoms with Crippen LogP contribution in [0.4, 0.5) is 8.78 Å². The SMILES string of the molecule is O=c1[nH]c2cnc(-n3cnc4ccccc43)nc2n1[C@@H]1CCOc2ccc(F)c(F)c21. The van der Waals surface area contributed by atoms with E-state index in [0.29, 0.717) is 11.5 Å². The van der Waals surface area contributed by atoms with E-state index < -0.39 is 23.4 Å². The number of H-pyrrole nitrogens is 1. The molecule has 0 amide bonds. The van der Waals surface area contributed by atoms with E-state index in [0.717, 1.165) is 17.1 Å². The lowest BCUT2D eigenvalue weighted by molar-refractivity contribution is 0.248. The molecule has 8 nitrogen and oxygen atoms in total. The van der Waals surface area contributed by atoms with Crippen molar-refractivity contribution in [3.63, 3.8) is 0 Å². The number of ether oxygens (including phenoxy) is 1. The van der Waals surface area contributed by atoms with Gasteiger partial charge in [0.1, 0.15) is 17.6 Å². The monoisotopic (exact) mass is 420 g/mol. The molecular weight excluding hydrogens is 406 g/mol. The summed E-state index contributed by atoms with van der Waals surface area (Å²) in [5, 5.41) is 0. The Kier molecular flexibility index (Phi) is 3.70. The summed E-state index contributed by atoms with van der Waals surface area (Å²) in [6.45, 7) is 0.256. The van der Waals surface area contributed by atoms with Gasteiger partial charge in [-0.15, -0.1) is 0 Å². The topological polar surface area (TPSA) is 90.6 Å². The summed E-state index contributed by atoms with van der Waals surface area (Å²) in [7, 11) is 0. The molecule has 0 aliphatic carbocycles. The van der Waals surface area contributed by atoms with E-state index in [9.17, 15) is 13.6 Å². The van der Waals surface area contributed by atoms with Gasteiger partial charge in [-0.3, -0.25) is 9.13 Å². The fourth-order valence-corrected chi connectivity index (χ4v) is 4.10. The van der Waals surface area contributed by atoms with E-state index in [4.69, 9.17) is 4.74 Å². The molecule has 0 spiro atoms. The van der Waals surface area contributed by atoms with Crippen LogP contribution in [0.15, 0.2) is 53.7 Å². The highest BCUT2D eigenvalue weighted by Crippen LogP contribution is 2.38. The molecule has 2 aromatic carbocycles. The van der Waals surface area contributed by atoms with Crippen molar-refractivity contribution in [1.29, 1.82) is 0 Å². The molecule has 1 aliphatic rings. The maximum Gasteiger partial charge on any atom is 0.328 e. The molecule has 3 aromatic heterocycles. The van der Waals surface area contributed by atoms with E-state index in [2.05, 4.69) is 19.9 Å². The maximum absolute atomic E-state index is 14.7. The number of aromatic nitrogens is 6. The van der Waals surface area contributed by atoms with Gasteiger partial charge in [0.15, 0.2) is 17.3 Å². The average molecular weight is 420 g/mol. The Bertz CT molecular complexity index is 1540. The molecule has 0 unspecified atom stereocenters. The first kappa shape index (κ1) is 17.8. The molecule has 5 aromatic rings. The van der Waals surface area contributed by atoms with Gasteiger partial charge < -0.3 is 9.72 Å². The van der Waals surface area contributed by atoms with Crippen LogP contribution in [0.1, 0.15) is 18.0 Å². The summed E-state index contributed by atoms with van der Waals surface area (Å²) < 4.78 is 37.2. The van der Waals surface area contributed by atoms with Crippen LogP contribution < -0.4 is 10.4 Å². The number of halogens is 2. The summed E-state index contributed by atoms with van der Waals surface area (Å²) in [6.07, 6.45) is 3.37. The van der Waals surface area contributed by atoms with Gasteiger partial charge in [-0.2, -0.15) is 4.98 Å². The number of nitrogens with zero attached hydrogens (tertiary/aromatic N) is 5. The van der Waals surface area contributed by atoms with Crippen LogP contribution in [-0.2, 0) is 0 Å². The molecule has 0 fully saturated rings. The first-order valence-corrected chi connectivity index (χ1v) is 9.62. The first-order chi connectivity index (χ1) is 15.1. The molecule has 0 saturated heterocycles. The molecule has 0 saturated carbocycles. The van der Waals surface area contributed by atoms with Crippen molar-refractivity contribution in [3.05, 3.63) is 76.6 Å². The van der Waals surface area contributed by atoms with E-state index >= 15 is 0 Å². The number of hydrogen-bond acceptors (Lipinski definition) is 5. The molecule has 4 heterocycles. The minimum absolute atomic E-state index is 0.00231. The van der Waals surface area contributed by atoms with Crippen LogP contribution in [-0.4, -0.2) is 35.7 Å². The Morgan fingerprint density at radius 1 is 1.13 bits per heavy atom. The molecule has 1 atom stereocenters. The van der Waals surface area contributed by atoms with Crippen molar-refractivity contribution in [1.82, 2.24) is 29.1 Å². The molecule has 1 aliphatic heterocycles. The number of imidazole rings is 2. The van der Waals surface area contributed by atoms with Crippen LogP contribution in [0.5, 0.6) is 5.75 Å². The third-order valence-corrected chi connectivity index (χ3v) is 5.50. The Morgan fingerprint density at radius 2 is 2.00 bits per heavy atom. The molecule has 154 valence electrons. The molecule has 1 N–H and O–H groups in total. The molecule has 0 bridgehead atoms. The van der Waals surface area contributed by atoms with E-state index in [1.807, 2.05) is 24.3 Å². The van der Waals surface area contributed by atoms with Crippen LogP contribution in [0.3, 0.4) is 0 Å². The zero-order chi connectivity index (χ0) is 21.1. The summed E-state index contributed by atoms with van der Waals surface area (Å²) in [5.74, 6) is -1.51. The smallest absolute Gasteiger partial charge is 0.328 e. The Hall–Kier alpha value is -4.08. The number of nitrogens with one attached hydrogen (secondary N) is 1. The molecular formula is C21H14F2N6O2. The van der Waals surface area contributed by atoms with Crippen LogP contribution in [0, 0.1) is 11.6 Å². The lowest BCUT2D eigenvalue weighted by Crippen LogP contribution is -2.29. The third kappa shape index (κ3) is 2.57. The van der Waals surface area contributed by atoms with E-state index in [-0.39, 0.29) is 30.0 Å². The predicted octanol–water partition coefficient (Wildman–Crippen LogP) is 3.11. The number of benzene rings is 2. The fraction of sp³-hybridized carbons (Fsp3) is 0.143. The maximum atomic E-state index is 14.7. The highest BCUT2D eigenvalue weighted by molar-refractivity contribution is 5.77. The molecule has 31 heavy (non-hydrogen) atoms. The Balaban J connectivity index is 1.58. The Morgan fingerprint density at radius 3 is 2.90 bits per heavy atom. The summed E-state index contributed by atoms with van der Waals surface area (Å²) in [6, 6.07) is 9.12. The number of para-hydroxylation sites is 2. The van der Waals surface area contributed by atoms with Crippen LogP contribution in [0.2, 0.25) is 0 Å². The van der Waals surface area contributed by atoms with Gasteiger partial charge in [0.05, 0.1) is 35.4 Å². The van der Waals surface area contributed by atoms with Gasteiger partial charge in [0.25, 0.3) is 0 Å². The first-order valence-electron chi connectivity index (χ1n) is 9.62. The van der Waals surface area contributed by atoms with Gasteiger partial charge >= 0.3 is 5.69 Å². The normalized spacial score (nSPS) is 15.9. The fourth-order valence-electron chi connectivity index (χ4n) is 4.10. The summed E-state index contributed by atoms with van der Waals surface area (Å²) in [4.78, 5) is 28.8. The number of hydrogen-bond donors (Lipinski definition) is 1. The van der Waals surface area contributed by atoms with Crippen molar-refractivity contribution in [3.8, 4) is 11.7 Å². The van der Waals surface area contributed by atoms with Gasteiger partial charge in [-0.1, -0.05) is 12.1 Å². The van der Waals surface area contributed by atoms with Crippen molar-refractivity contribution < 1.29 is 13.5 Å². The van der Waals surface area contributed by atoms with Crippen molar-refractivity contribution in [2.45, 2.75) is 12.5 Å². The van der Waals surface area contributed by atoms with Crippen molar-refractivity contribution in [2.24, 2.45) is 0 Å². The second-order valence-corrected chi connectivity index (χ2v) is 7.24. The minimum Gasteiger partial charge on any atom is -0.493 e. The quantitative estimate of drug-likeness (QED) is 0.474. The molecule has 6 rings (SSSR count). The standard InChI is InChI=1S/C21H14F2N6O2/c22-11-5-6-16-17(18(11)23)15(7-8-31-16)29-19-13(26-21(29)30)9-24-20(27-19)28-10-25-12-3-1-2-4-14(12)28/h1-6,9-10,15H,7-8H2,(H,26,30)/t15-/m1/s1. The van der Waals surface area contributed by atoms with E-state index in [1.165, 1.54) is 16.8 Å².